The first-order valence-electron chi connectivity index (χ1n) is 5.33. The third kappa shape index (κ3) is 2.03. The van der Waals surface area contributed by atoms with Crippen LogP contribution in [0.1, 0.15) is 17.8 Å². The van der Waals surface area contributed by atoms with E-state index in [9.17, 15) is 0 Å². The number of aromatic nitrogens is 2. The Labute approximate surface area is 107 Å². The lowest BCUT2D eigenvalue weighted by atomic mass is 10.2. The minimum Gasteiger partial charge on any atom is -0.362 e. The van der Waals surface area contributed by atoms with Crippen LogP contribution < -0.4 is 5.32 Å². The van der Waals surface area contributed by atoms with E-state index in [1.807, 2.05) is 5.38 Å². The first kappa shape index (κ1) is 10.7. The summed E-state index contributed by atoms with van der Waals surface area (Å²) >= 11 is 3.39. The van der Waals surface area contributed by atoms with E-state index in [4.69, 9.17) is 0 Å². The van der Waals surface area contributed by atoms with Crippen LogP contribution >= 0.6 is 22.7 Å². The maximum Gasteiger partial charge on any atom is 0.138 e. The van der Waals surface area contributed by atoms with Crippen molar-refractivity contribution in [2.45, 2.75) is 13.0 Å². The molecule has 0 radical (unpaired) electrons. The second kappa shape index (κ2) is 4.43. The van der Waals surface area contributed by atoms with Crippen molar-refractivity contribution >= 4 is 38.7 Å². The molecule has 17 heavy (non-hydrogen) atoms. The largest absolute Gasteiger partial charge is 0.362 e. The van der Waals surface area contributed by atoms with Gasteiger partial charge >= 0.3 is 0 Å². The van der Waals surface area contributed by atoms with Crippen molar-refractivity contribution in [1.82, 2.24) is 9.97 Å². The maximum absolute atomic E-state index is 4.32. The van der Waals surface area contributed by atoms with E-state index in [1.54, 1.807) is 29.0 Å². The highest BCUT2D eigenvalue weighted by atomic mass is 32.1. The molecule has 0 saturated heterocycles. The van der Waals surface area contributed by atoms with Gasteiger partial charge in [-0.1, -0.05) is 6.07 Å². The third-order valence-electron chi connectivity index (χ3n) is 2.58. The molecule has 0 saturated carbocycles. The number of nitrogens with one attached hydrogen (secondary N) is 1. The first-order chi connectivity index (χ1) is 8.34. The average Bonchev–Trinajstić information content (AvgIpc) is 3.00. The number of hydrogen-bond acceptors (Lipinski definition) is 5. The highest BCUT2D eigenvalue weighted by Crippen LogP contribution is 2.28. The first-order valence-corrected chi connectivity index (χ1v) is 7.08. The second-order valence-corrected chi connectivity index (χ2v) is 5.62. The molecule has 0 aliphatic rings. The number of thiophene rings is 2. The van der Waals surface area contributed by atoms with Crippen molar-refractivity contribution in [3.05, 3.63) is 40.2 Å². The molecule has 0 bridgehead atoms. The molecule has 0 aliphatic heterocycles. The van der Waals surface area contributed by atoms with Gasteiger partial charge in [0.15, 0.2) is 0 Å². The lowest BCUT2D eigenvalue weighted by molar-refractivity contribution is 0.898. The molecule has 0 spiro atoms. The fourth-order valence-electron chi connectivity index (χ4n) is 1.72. The summed E-state index contributed by atoms with van der Waals surface area (Å²) in [7, 11) is 0. The SMILES string of the molecule is C[C@H](Nc1ncnc2sccc12)c1cccs1. The molecule has 86 valence electrons. The van der Waals surface area contributed by atoms with Crippen LogP contribution in [0.2, 0.25) is 0 Å². The second-order valence-electron chi connectivity index (χ2n) is 3.74. The molecule has 3 aromatic rings. The average molecular weight is 261 g/mol. The van der Waals surface area contributed by atoms with Gasteiger partial charge in [-0.3, -0.25) is 0 Å². The van der Waals surface area contributed by atoms with Crippen molar-refractivity contribution in [3.8, 4) is 0 Å². The quantitative estimate of drug-likeness (QED) is 0.776. The highest BCUT2D eigenvalue weighted by molar-refractivity contribution is 7.16. The zero-order valence-electron chi connectivity index (χ0n) is 9.25. The molecule has 3 rings (SSSR count). The molecule has 1 atom stereocenters. The zero-order valence-corrected chi connectivity index (χ0v) is 10.9. The highest BCUT2D eigenvalue weighted by Gasteiger charge is 2.10. The Bertz CT molecular complexity index is 616. The van der Waals surface area contributed by atoms with Gasteiger partial charge in [0.2, 0.25) is 0 Å². The van der Waals surface area contributed by atoms with Gasteiger partial charge in [0.25, 0.3) is 0 Å². The summed E-state index contributed by atoms with van der Waals surface area (Å²) < 4.78 is 0. The van der Waals surface area contributed by atoms with Crippen molar-refractivity contribution < 1.29 is 0 Å². The predicted molar refractivity (Wildman–Crippen MR) is 73.8 cm³/mol. The predicted octanol–water partition coefficient (Wildman–Crippen LogP) is 3.93. The van der Waals surface area contributed by atoms with Gasteiger partial charge in [-0.05, 0) is 29.8 Å². The van der Waals surface area contributed by atoms with E-state index in [0.29, 0.717) is 0 Å². The van der Waals surface area contributed by atoms with Crippen LogP contribution in [0, 0.1) is 0 Å². The summed E-state index contributed by atoms with van der Waals surface area (Å²) in [5.41, 5.74) is 0. The Morgan fingerprint density at radius 2 is 2.12 bits per heavy atom. The van der Waals surface area contributed by atoms with E-state index in [1.165, 1.54) is 4.88 Å². The van der Waals surface area contributed by atoms with Crippen LogP contribution in [0.25, 0.3) is 10.2 Å². The smallest absolute Gasteiger partial charge is 0.138 e. The minimum atomic E-state index is 0.271. The number of nitrogens with zero attached hydrogens (tertiary/aromatic N) is 2. The van der Waals surface area contributed by atoms with Gasteiger partial charge in [0.1, 0.15) is 17.0 Å². The van der Waals surface area contributed by atoms with Crippen molar-refractivity contribution in [2.24, 2.45) is 0 Å². The van der Waals surface area contributed by atoms with Crippen LogP contribution in [0.3, 0.4) is 0 Å². The van der Waals surface area contributed by atoms with Crippen LogP contribution in [-0.2, 0) is 0 Å². The van der Waals surface area contributed by atoms with Crippen molar-refractivity contribution in [2.75, 3.05) is 5.32 Å². The Kier molecular flexibility index (Phi) is 2.78. The van der Waals surface area contributed by atoms with E-state index in [2.05, 4.69) is 45.8 Å². The van der Waals surface area contributed by atoms with Gasteiger partial charge < -0.3 is 5.32 Å². The van der Waals surface area contributed by atoms with Gasteiger partial charge in [-0.25, -0.2) is 9.97 Å². The Balaban J connectivity index is 1.92. The maximum atomic E-state index is 4.32. The number of anilines is 1. The number of fused-ring (bicyclic) bond motifs is 1. The molecule has 3 nitrogen and oxygen atoms in total. The topological polar surface area (TPSA) is 37.8 Å². The standard InChI is InChI=1S/C12H11N3S2/c1-8(10-3-2-5-16-10)15-11-9-4-6-17-12(9)14-7-13-11/h2-8H,1H3,(H,13,14,15)/t8-/m0/s1. The van der Waals surface area contributed by atoms with Crippen molar-refractivity contribution in [1.29, 1.82) is 0 Å². The molecule has 1 N–H and O–H groups in total. The number of rotatable bonds is 3. The van der Waals surface area contributed by atoms with Crippen LogP contribution in [0.15, 0.2) is 35.3 Å². The molecule has 3 heterocycles. The minimum absolute atomic E-state index is 0.271. The van der Waals surface area contributed by atoms with E-state index >= 15 is 0 Å². The monoisotopic (exact) mass is 261 g/mol. The van der Waals surface area contributed by atoms with Gasteiger partial charge in [-0.2, -0.15) is 0 Å². The van der Waals surface area contributed by atoms with E-state index in [0.717, 1.165) is 16.0 Å². The molecule has 5 heteroatoms. The lowest BCUT2D eigenvalue weighted by Crippen LogP contribution is -2.06. The summed E-state index contributed by atoms with van der Waals surface area (Å²) in [5.74, 6) is 0.914. The molecule has 0 unspecified atom stereocenters. The van der Waals surface area contributed by atoms with Crippen molar-refractivity contribution in [3.63, 3.8) is 0 Å². The van der Waals surface area contributed by atoms with Gasteiger partial charge in [0.05, 0.1) is 11.4 Å². The fraction of sp³-hybridized carbons (Fsp3) is 0.167. The summed E-state index contributed by atoms with van der Waals surface area (Å²) in [5, 5.41) is 8.67. The molecular formula is C12H11N3S2. The fourth-order valence-corrected chi connectivity index (χ4v) is 3.19. The molecular weight excluding hydrogens is 250 g/mol. The summed E-state index contributed by atoms with van der Waals surface area (Å²) in [6.07, 6.45) is 1.61. The van der Waals surface area contributed by atoms with Crippen LogP contribution in [-0.4, -0.2) is 9.97 Å². The zero-order chi connectivity index (χ0) is 11.7. The molecule has 3 aromatic heterocycles. The van der Waals surface area contributed by atoms with E-state index in [-0.39, 0.29) is 6.04 Å². The lowest BCUT2D eigenvalue weighted by Gasteiger charge is -2.13. The molecule has 0 amide bonds. The Hall–Kier alpha value is -1.46. The normalized spacial score (nSPS) is 12.8. The number of hydrogen-bond donors (Lipinski definition) is 1. The van der Waals surface area contributed by atoms with Crippen LogP contribution in [0.4, 0.5) is 5.82 Å². The van der Waals surface area contributed by atoms with Gasteiger partial charge in [0, 0.05) is 4.88 Å². The summed E-state index contributed by atoms with van der Waals surface area (Å²) in [4.78, 5) is 10.9. The summed E-state index contributed by atoms with van der Waals surface area (Å²) in [6.45, 7) is 2.14. The molecule has 0 aliphatic carbocycles. The van der Waals surface area contributed by atoms with E-state index < -0.39 is 0 Å². The van der Waals surface area contributed by atoms with Crippen LogP contribution in [0.5, 0.6) is 0 Å². The third-order valence-corrected chi connectivity index (χ3v) is 4.46. The molecule has 0 fully saturated rings. The Morgan fingerprint density at radius 1 is 1.18 bits per heavy atom. The Morgan fingerprint density at radius 3 is 2.94 bits per heavy atom. The van der Waals surface area contributed by atoms with Gasteiger partial charge in [-0.15, -0.1) is 22.7 Å². The summed E-state index contributed by atoms with van der Waals surface area (Å²) in [6, 6.07) is 6.53. The molecule has 0 aromatic carbocycles.